The summed E-state index contributed by atoms with van der Waals surface area (Å²) in [4.78, 5) is 0. The van der Waals surface area contributed by atoms with Crippen LogP contribution in [0.5, 0.6) is 0 Å². The molecule has 3 heteroatoms. The minimum atomic E-state index is -2.76. The Kier molecular flexibility index (Phi) is 10.5. The normalized spacial score (nSPS) is 33.9. The number of ether oxygens (including phenoxy) is 1. The lowest BCUT2D eigenvalue weighted by atomic mass is 9.47. The Bertz CT molecular complexity index is 1320. The van der Waals surface area contributed by atoms with Crippen molar-refractivity contribution in [2.24, 2.45) is 46.3 Å². The average Bonchev–Trinajstić information content (AvgIpc) is 3.42. The Labute approximate surface area is 281 Å². The standard InChI is InChI=1S/C43H63O2P/c1-31(2)14-13-15-32(3)39-22-23-40-38-21-20-34-30-35(24-27-42(34,5)41(38)25-28-43(39,40)6)45-29-26-33(4)46(44,36-16-9-7-10-17-36)37-18-11-8-12-19-37/h7-12,16-20,31-33,35,38-41H,13-15,21-30H2,1-6H3/t32-,33?,35+,38+,39-,40+,41+,42+,43-/m1/s1. The molecule has 3 saturated carbocycles. The van der Waals surface area contributed by atoms with Gasteiger partial charge in [0, 0.05) is 22.9 Å². The van der Waals surface area contributed by atoms with E-state index in [2.05, 4.69) is 47.6 Å². The predicted octanol–water partition coefficient (Wildman–Crippen LogP) is 11.2. The smallest absolute Gasteiger partial charge is 0.145 e. The molecule has 46 heavy (non-hydrogen) atoms. The van der Waals surface area contributed by atoms with E-state index in [9.17, 15) is 4.57 Å². The summed E-state index contributed by atoms with van der Waals surface area (Å²) in [6.45, 7) is 15.5. The second-order valence-electron chi connectivity index (χ2n) is 17.0. The fourth-order valence-electron chi connectivity index (χ4n) is 11.3. The van der Waals surface area contributed by atoms with Gasteiger partial charge in [0.15, 0.2) is 0 Å². The molecule has 252 valence electrons. The van der Waals surface area contributed by atoms with Crippen LogP contribution in [0.15, 0.2) is 72.3 Å². The Morgan fingerprint density at radius 1 is 0.804 bits per heavy atom. The summed E-state index contributed by atoms with van der Waals surface area (Å²) in [5, 5.41) is 1.92. The van der Waals surface area contributed by atoms with E-state index < -0.39 is 7.14 Å². The average molecular weight is 643 g/mol. The van der Waals surface area contributed by atoms with Crippen LogP contribution in [0.3, 0.4) is 0 Å². The maximum atomic E-state index is 14.7. The van der Waals surface area contributed by atoms with Gasteiger partial charge in [-0.25, -0.2) is 0 Å². The highest BCUT2D eigenvalue weighted by Gasteiger charge is 2.59. The highest BCUT2D eigenvalue weighted by atomic mass is 31.2. The van der Waals surface area contributed by atoms with E-state index in [0.717, 1.165) is 65.4 Å². The molecule has 0 heterocycles. The van der Waals surface area contributed by atoms with Crippen molar-refractivity contribution in [2.75, 3.05) is 6.61 Å². The second-order valence-corrected chi connectivity index (χ2v) is 20.2. The monoisotopic (exact) mass is 642 g/mol. The number of rotatable bonds is 12. The van der Waals surface area contributed by atoms with Crippen LogP contribution < -0.4 is 10.6 Å². The number of fused-ring (bicyclic) bond motifs is 5. The topological polar surface area (TPSA) is 26.3 Å². The van der Waals surface area contributed by atoms with E-state index in [1.54, 1.807) is 5.57 Å². The summed E-state index contributed by atoms with van der Waals surface area (Å²) < 4.78 is 21.4. The van der Waals surface area contributed by atoms with Gasteiger partial charge in [0.1, 0.15) is 7.14 Å². The number of benzene rings is 2. The summed E-state index contributed by atoms with van der Waals surface area (Å²) in [6.07, 6.45) is 18.7. The minimum Gasteiger partial charge on any atom is -0.378 e. The van der Waals surface area contributed by atoms with Crippen molar-refractivity contribution in [3.05, 3.63) is 72.3 Å². The summed E-state index contributed by atoms with van der Waals surface area (Å²) in [6, 6.07) is 20.3. The fourth-order valence-corrected chi connectivity index (χ4v) is 14.4. The molecule has 0 aromatic heterocycles. The van der Waals surface area contributed by atoms with Crippen LogP contribution in [0.2, 0.25) is 0 Å². The molecule has 6 rings (SSSR count). The fraction of sp³-hybridized carbons (Fsp3) is 0.674. The first-order chi connectivity index (χ1) is 22.1. The van der Waals surface area contributed by atoms with E-state index in [-0.39, 0.29) is 5.66 Å². The van der Waals surface area contributed by atoms with Crippen molar-refractivity contribution >= 4 is 17.8 Å². The third-order valence-electron chi connectivity index (χ3n) is 14.0. The second kappa shape index (κ2) is 14.1. The molecular formula is C43H63O2P. The largest absolute Gasteiger partial charge is 0.378 e. The highest BCUT2D eigenvalue weighted by molar-refractivity contribution is 7.79. The van der Waals surface area contributed by atoms with Crippen LogP contribution in [0, 0.1) is 46.3 Å². The van der Waals surface area contributed by atoms with Gasteiger partial charge >= 0.3 is 0 Å². The summed E-state index contributed by atoms with van der Waals surface area (Å²) >= 11 is 0. The van der Waals surface area contributed by atoms with Gasteiger partial charge in [-0.15, -0.1) is 0 Å². The van der Waals surface area contributed by atoms with Gasteiger partial charge in [0.25, 0.3) is 0 Å². The van der Waals surface area contributed by atoms with E-state index in [1.165, 1.54) is 57.8 Å². The molecule has 4 aliphatic rings. The summed E-state index contributed by atoms with van der Waals surface area (Å²) in [5.74, 6) is 5.28. The molecule has 0 spiro atoms. The Balaban J connectivity index is 1.07. The summed E-state index contributed by atoms with van der Waals surface area (Å²) in [7, 11) is -2.76. The van der Waals surface area contributed by atoms with Gasteiger partial charge in [-0.2, -0.15) is 0 Å². The predicted molar refractivity (Wildman–Crippen MR) is 197 cm³/mol. The van der Waals surface area contributed by atoms with Crippen LogP contribution in [0.4, 0.5) is 0 Å². The molecule has 0 radical (unpaired) electrons. The van der Waals surface area contributed by atoms with Crippen LogP contribution in [-0.4, -0.2) is 18.4 Å². The molecule has 0 N–H and O–H groups in total. The minimum absolute atomic E-state index is 0.0329. The lowest BCUT2D eigenvalue weighted by molar-refractivity contribution is -0.0640. The van der Waals surface area contributed by atoms with E-state index >= 15 is 0 Å². The van der Waals surface area contributed by atoms with Crippen LogP contribution in [-0.2, 0) is 9.30 Å². The number of allylic oxidation sites excluding steroid dienone is 1. The van der Waals surface area contributed by atoms with Crippen molar-refractivity contribution in [2.45, 2.75) is 130 Å². The van der Waals surface area contributed by atoms with Crippen LogP contribution in [0.1, 0.15) is 119 Å². The first-order valence-corrected chi connectivity index (χ1v) is 20.9. The maximum Gasteiger partial charge on any atom is 0.145 e. The van der Waals surface area contributed by atoms with Crippen molar-refractivity contribution < 1.29 is 9.30 Å². The van der Waals surface area contributed by atoms with Gasteiger partial charge in [0.2, 0.25) is 0 Å². The SMILES string of the molecule is CC(C)CCC[C@@H](C)[C@H]1CC[C@H]2[C@@H]3CC=C4C[C@@H](OCCC(C)P(=O)(c5ccccc5)c5ccccc5)CC[C@]4(C)[C@H]3CC[C@]12C. The van der Waals surface area contributed by atoms with Gasteiger partial charge < -0.3 is 9.30 Å². The number of hydrogen-bond donors (Lipinski definition) is 0. The lowest BCUT2D eigenvalue weighted by Gasteiger charge is -2.58. The molecule has 2 aromatic rings. The Hall–Kier alpha value is -1.63. The molecule has 4 aliphatic carbocycles. The summed E-state index contributed by atoms with van der Waals surface area (Å²) in [5.41, 5.74) is 2.65. The van der Waals surface area contributed by atoms with Gasteiger partial charge in [-0.05, 0) is 104 Å². The first-order valence-electron chi connectivity index (χ1n) is 19.1. The molecule has 3 fully saturated rings. The van der Waals surface area contributed by atoms with Gasteiger partial charge in [0.05, 0.1) is 6.10 Å². The zero-order valence-electron chi connectivity index (χ0n) is 29.9. The molecule has 0 amide bonds. The van der Waals surface area contributed by atoms with Crippen molar-refractivity contribution in [1.82, 2.24) is 0 Å². The molecule has 2 aromatic carbocycles. The molecule has 0 aliphatic heterocycles. The molecular weight excluding hydrogens is 579 g/mol. The van der Waals surface area contributed by atoms with Gasteiger partial charge in [-0.3, -0.25) is 0 Å². The molecule has 1 unspecified atom stereocenters. The van der Waals surface area contributed by atoms with Crippen molar-refractivity contribution in [3.63, 3.8) is 0 Å². The van der Waals surface area contributed by atoms with Crippen LogP contribution >= 0.6 is 7.14 Å². The third kappa shape index (κ3) is 6.41. The Morgan fingerprint density at radius 2 is 1.48 bits per heavy atom. The van der Waals surface area contributed by atoms with Crippen molar-refractivity contribution in [1.29, 1.82) is 0 Å². The van der Waals surface area contributed by atoms with Crippen molar-refractivity contribution in [3.8, 4) is 0 Å². The van der Waals surface area contributed by atoms with Gasteiger partial charge in [-0.1, -0.05) is 133 Å². The molecule has 2 nitrogen and oxygen atoms in total. The first kappa shape index (κ1) is 34.2. The van der Waals surface area contributed by atoms with Crippen LogP contribution in [0.25, 0.3) is 0 Å². The molecule has 0 bridgehead atoms. The molecule has 9 atom stereocenters. The Morgan fingerprint density at radius 3 is 2.13 bits per heavy atom. The lowest BCUT2D eigenvalue weighted by Crippen LogP contribution is -2.51. The molecule has 0 saturated heterocycles. The number of hydrogen-bond acceptors (Lipinski definition) is 2. The van der Waals surface area contributed by atoms with E-state index in [4.69, 9.17) is 4.74 Å². The van der Waals surface area contributed by atoms with E-state index in [1.807, 2.05) is 60.7 Å². The maximum absolute atomic E-state index is 14.7. The van der Waals surface area contributed by atoms with E-state index in [0.29, 0.717) is 23.5 Å². The third-order valence-corrected chi connectivity index (χ3v) is 17.7. The zero-order chi connectivity index (χ0) is 32.5. The zero-order valence-corrected chi connectivity index (χ0v) is 30.8. The highest BCUT2D eigenvalue weighted by Crippen LogP contribution is 2.67. The quantitative estimate of drug-likeness (QED) is 0.170.